The van der Waals surface area contributed by atoms with Gasteiger partial charge in [0.15, 0.2) is 5.78 Å². The minimum absolute atomic E-state index is 0.117. The number of carbonyl (C=O) groups is 2. The Labute approximate surface area is 119 Å². The summed E-state index contributed by atoms with van der Waals surface area (Å²) in [5.41, 5.74) is 2.69. The van der Waals surface area contributed by atoms with Crippen molar-refractivity contribution >= 4 is 11.8 Å². The van der Waals surface area contributed by atoms with Gasteiger partial charge in [0.05, 0.1) is 6.61 Å². The molecule has 0 saturated heterocycles. The number of esters is 1. The Kier molecular flexibility index (Phi) is 4.56. The molecule has 0 N–H and O–H groups in total. The Morgan fingerprint density at radius 1 is 1.30 bits per heavy atom. The first-order chi connectivity index (χ1) is 9.61. The number of Topliss-reactive ketones (excluding diaryl/α,β-unsaturated/α-hetero) is 1. The maximum Gasteiger partial charge on any atom is 0.343 e. The Bertz CT molecular complexity index is 548. The molecule has 0 unspecified atom stereocenters. The van der Waals surface area contributed by atoms with Gasteiger partial charge in [-0.05, 0) is 31.4 Å². The molecule has 0 fully saturated rings. The summed E-state index contributed by atoms with van der Waals surface area (Å²) in [5.74, 6) is -0.804. The number of benzene rings is 1. The fraction of sp³-hybridized carbons (Fsp3) is 0.375. The molecule has 1 heterocycles. The number of carbonyl (C=O) groups excluding carboxylic acids is 2. The number of nitrogens with zero attached hydrogens (tertiary/aromatic N) is 1. The van der Waals surface area contributed by atoms with Crippen molar-refractivity contribution in [3.05, 3.63) is 47.2 Å². The van der Waals surface area contributed by atoms with Crippen molar-refractivity contribution in [2.24, 2.45) is 0 Å². The molecule has 1 aliphatic rings. The predicted molar refractivity (Wildman–Crippen MR) is 76.0 cm³/mol. The minimum atomic E-state index is -0.543. The predicted octanol–water partition coefficient (Wildman–Crippen LogP) is 2.08. The van der Waals surface area contributed by atoms with Crippen LogP contribution in [0.25, 0.3) is 0 Å². The zero-order valence-corrected chi connectivity index (χ0v) is 11.9. The van der Waals surface area contributed by atoms with Crippen molar-refractivity contribution < 1.29 is 14.3 Å². The Morgan fingerprint density at radius 2 is 2.00 bits per heavy atom. The molecule has 1 aromatic carbocycles. The summed E-state index contributed by atoms with van der Waals surface area (Å²) in [7, 11) is 0. The molecule has 0 aliphatic carbocycles. The van der Waals surface area contributed by atoms with E-state index in [-0.39, 0.29) is 18.0 Å². The normalized spacial score (nSPS) is 14.7. The quantitative estimate of drug-likeness (QED) is 0.365. The van der Waals surface area contributed by atoms with Gasteiger partial charge in [0.25, 0.3) is 0 Å². The highest BCUT2D eigenvalue weighted by atomic mass is 16.5. The maximum absolute atomic E-state index is 11.8. The lowest BCUT2D eigenvalue weighted by Crippen LogP contribution is -2.28. The van der Waals surface area contributed by atoms with Crippen molar-refractivity contribution in [1.29, 1.82) is 0 Å². The van der Waals surface area contributed by atoms with Gasteiger partial charge in [-0.1, -0.05) is 24.3 Å². The van der Waals surface area contributed by atoms with Gasteiger partial charge in [0.1, 0.15) is 5.57 Å². The van der Waals surface area contributed by atoms with E-state index in [0.717, 1.165) is 13.0 Å². The van der Waals surface area contributed by atoms with Crippen LogP contribution in [0, 0.1) is 0 Å². The molecule has 4 nitrogen and oxygen atoms in total. The molecule has 0 saturated carbocycles. The van der Waals surface area contributed by atoms with Gasteiger partial charge >= 0.3 is 5.97 Å². The van der Waals surface area contributed by atoms with Crippen LogP contribution in [0.1, 0.15) is 25.0 Å². The van der Waals surface area contributed by atoms with Crippen LogP contribution in [-0.2, 0) is 27.3 Å². The first kappa shape index (κ1) is 14.3. The summed E-state index contributed by atoms with van der Waals surface area (Å²) in [5, 5.41) is 0. The van der Waals surface area contributed by atoms with E-state index in [1.54, 1.807) is 13.1 Å². The summed E-state index contributed by atoms with van der Waals surface area (Å²) >= 11 is 0. The van der Waals surface area contributed by atoms with Crippen LogP contribution in [0.4, 0.5) is 0 Å². The SMILES string of the molecule is CCOC(=O)C(=CN1CCc2ccccc2C1)C(C)=O. The van der Waals surface area contributed by atoms with Crippen molar-refractivity contribution in [2.75, 3.05) is 13.2 Å². The van der Waals surface area contributed by atoms with Crippen molar-refractivity contribution in [3.8, 4) is 0 Å². The number of hydrogen-bond donors (Lipinski definition) is 0. The smallest absolute Gasteiger partial charge is 0.343 e. The van der Waals surface area contributed by atoms with Crippen LogP contribution in [-0.4, -0.2) is 29.8 Å². The lowest BCUT2D eigenvalue weighted by Gasteiger charge is -2.28. The van der Waals surface area contributed by atoms with Gasteiger partial charge < -0.3 is 9.64 Å². The van der Waals surface area contributed by atoms with Crippen LogP contribution < -0.4 is 0 Å². The molecule has 0 atom stereocenters. The van der Waals surface area contributed by atoms with Crippen LogP contribution >= 0.6 is 0 Å². The van der Waals surface area contributed by atoms with Crippen LogP contribution in [0.2, 0.25) is 0 Å². The molecule has 1 aliphatic heterocycles. The van der Waals surface area contributed by atoms with E-state index in [0.29, 0.717) is 6.54 Å². The standard InChI is InChI=1S/C16H19NO3/c1-3-20-16(19)15(12(2)18)11-17-9-8-13-6-4-5-7-14(13)10-17/h4-7,11H,3,8-10H2,1-2H3. The highest BCUT2D eigenvalue weighted by molar-refractivity contribution is 6.16. The third-order valence-corrected chi connectivity index (χ3v) is 3.35. The number of rotatable bonds is 4. The topological polar surface area (TPSA) is 46.6 Å². The van der Waals surface area contributed by atoms with Gasteiger partial charge in [-0.25, -0.2) is 4.79 Å². The first-order valence-corrected chi connectivity index (χ1v) is 6.82. The number of fused-ring (bicyclic) bond motifs is 1. The molecule has 0 spiro atoms. The summed E-state index contributed by atoms with van der Waals surface area (Å²) in [4.78, 5) is 25.3. The molecule has 2 rings (SSSR count). The third kappa shape index (κ3) is 3.26. The molecule has 0 radical (unpaired) electrons. The fourth-order valence-corrected chi connectivity index (χ4v) is 2.31. The summed E-state index contributed by atoms with van der Waals surface area (Å²) in [6.45, 7) is 4.90. The van der Waals surface area contributed by atoms with E-state index >= 15 is 0 Å². The van der Waals surface area contributed by atoms with Crippen LogP contribution in [0.3, 0.4) is 0 Å². The second-order valence-electron chi connectivity index (χ2n) is 4.81. The second kappa shape index (κ2) is 6.37. The van der Waals surface area contributed by atoms with E-state index in [1.165, 1.54) is 18.1 Å². The summed E-state index contributed by atoms with van der Waals surface area (Å²) < 4.78 is 4.92. The second-order valence-corrected chi connectivity index (χ2v) is 4.81. The fourth-order valence-electron chi connectivity index (χ4n) is 2.31. The zero-order valence-electron chi connectivity index (χ0n) is 11.9. The molecule has 0 amide bonds. The van der Waals surface area contributed by atoms with E-state index < -0.39 is 5.97 Å². The average Bonchev–Trinajstić information content (AvgIpc) is 2.44. The highest BCUT2D eigenvalue weighted by Gasteiger charge is 2.19. The molecule has 4 heteroatoms. The Hall–Kier alpha value is -2.10. The summed E-state index contributed by atoms with van der Waals surface area (Å²) in [6.07, 6.45) is 2.55. The van der Waals surface area contributed by atoms with E-state index in [1.807, 2.05) is 17.0 Å². The molecular weight excluding hydrogens is 254 g/mol. The third-order valence-electron chi connectivity index (χ3n) is 3.35. The zero-order chi connectivity index (χ0) is 14.5. The molecule has 0 bridgehead atoms. The number of ether oxygens (including phenoxy) is 1. The maximum atomic E-state index is 11.8. The average molecular weight is 273 g/mol. The van der Waals surface area contributed by atoms with Crippen molar-refractivity contribution in [3.63, 3.8) is 0 Å². The molecule has 0 aromatic heterocycles. The van der Waals surface area contributed by atoms with Gasteiger partial charge in [0, 0.05) is 19.3 Å². The van der Waals surface area contributed by atoms with E-state index in [9.17, 15) is 9.59 Å². The first-order valence-electron chi connectivity index (χ1n) is 6.82. The lowest BCUT2D eigenvalue weighted by molar-refractivity contribution is -0.139. The van der Waals surface area contributed by atoms with Crippen molar-refractivity contribution in [1.82, 2.24) is 4.90 Å². The number of ketones is 1. The molecule has 1 aromatic rings. The van der Waals surface area contributed by atoms with E-state index in [2.05, 4.69) is 12.1 Å². The van der Waals surface area contributed by atoms with Gasteiger partial charge in [-0.15, -0.1) is 0 Å². The van der Waals surface area contributed by atoms with Crippen LogP contribution in [0.15, 0.2) is 36.0 Å². The monoisotopic (exact) mass is 273 g/mol. The minimum Gasteiger partial charge on any atom is -0.462 e. The lowest BCUT2D eigenvalue weighted by atomic mass is 10.00. The van der Waals surface area contributed by atoms with Crippen LogP contribution in [0.5, 0.6) is 0 Å². The molecule has 20 heavy (non-hydrogen) atoms. The van der Waals surface area contributed by atoms with Gasteiger partial charge in [-0.3, -0.25) is 4.79 Å². The van der Waals surface area contributed by atoms with E-state index in [4.69, 9.17) is 4.74 Å². The highest BCUT2D eigenvalue weighted by Crippen LogP contribution is 2.19. The Balaban J connectivity index is 2.17. The van der Waals surface area contributed by atoms with Gasteiger partial charge in [0.2, 0.25) is 0 Å². The number of hydrogen-bond acceptors (Lipinski definition) is 4. The largest absolute Gasteiger partial charge is 0.462 e. The van der Waals surface area contributed by atoms with Crippen molar-refractivity contribution in [2.45, 2.75) is 26.8 Å². The Morgan fingerprint density at radius 3 is 2.65 bits per heavy atom. The summed E-state index contributed by atoms with van der Waals surface area (Å²) in [6, 6.07) is 8.23. The molecular formula is C16H19NO3. The molecule has 106 valence electrons. The van der Waals surface area contributed by atoms with Gasteiger partial charge in [-0.2, -0.15) is 0 Å².